The van der Waals surface area contributed by atoms with E-state index < -0.39 is 0 Å². The van der Waals surface area contributed by atoms with Crippen LogP contribution in [0.2, 0.25) is 0 Å². The van der Waals surface area contributed by atoms with E-state index in [1.54, 1.807) is 6.92 Å². The monoisotopic (exact) mass is 272 g/mol. The zero-order valence-electron chi connectivity index (χ0n) is 10.8. The van der Waals surface area contributed by atoms with Crippen LogP contribution in [-0.4, -0.2) is 12.3 Å². The van der Waals surface area contributed by atoms with E-state index in [1.807, 2.05) is 6.07 Å². The molecule has 2 aromatic rings. The lowest BCUT2D eigenvalue weighted by molar-refractivity contribution is 0.102. The third kappa shape index (κ3) is 2.24. The third-order valence-electron chi connectivity index (χ3n) is 3.51. The Hall–Kier alpha value is -1.81. The molecule has 0 amide bonds. The van der Waals surface area contributed by atoms with Crippen LogP contribution in [0.3, 0.4) is 0 Å². The molecule has 2 N–H and O–H groups in total. The first-order valence-corrected chi connectivity index (χ1v) is 7.19. The largest absolute Gasteiger partial charge is 0.397 e. The molecular weight excluding hydrogens is 256 g/mol. The lowest BCUT2D eigenvalue weighted by Crippen LogP contribution is -2.29. The first-order valence-electron chi connectivity index (χ1n) is 6.37. The minimum Gasteiger partial charge on any atom is -0.397 e. The predicted molar refractivity (Wildman–Crippen MR) is 79.9 cm³/mol. The minimum atomic E-state index is 0.0474. The van der Waals surface area contributed by atoms with Crippen LogP contribution < -0.4 is 10.6 Å². The van der Waals surface area contributed by atoms with E-state index in [0.29, 0.717) is 10.6 Å². The standard InChI is InChI=1S/C15H16N2OS/c1-10(18)15-13(16)8-14(19-15)17-7-6-11-4-2-3-5-12(11)9-17/h2-5,8H,6-7,9,16H2,1H3. The molecule has 0 saturated heterocycles. The van der Waals surface area contributed by atoms with E-state index in [0.717, 1.165) is 24.5 Å². The highest BCUT2D eigenvalue weighted by molar-refractivity contribution is 7.18. The Morgan fingerprint density at radius 1 is 1.32 bits per heavy atom. The van der Waals surface area contributed by atoms with Gasteiger partial charge >= 0.3 is 0 Å². The van der Waals surface area contributed by atoms with Gasteiger partial charge in [0.25, 0.3) is 0 Å². The smallest absolute Gasteiger partial charge is 0.171 e. The Kier molecular flexibility index (Phi) is 3.03. The summed E-state index contributed by atoms with van der Waals surface area (Å²) in [6.07, 6.45) is 1.05. The summed E-state index contributed by atoms with van der Waals surface area (Å²) in [4.78, 5) is 14.4. The van der Waals surface area contributed by atoms with Gasteiger partial charge in [-0.3, -0.25) is 4.79 Å². The Morgan fingerprint density at radius 3 is 2.74 bits per heavy atom. The second kappa shape index (κ2) is 4.70. The lowest BCUT2D eigenvalue weighted by atomic mass is 10.0. The van der Waals surface area contributed by atoms with Crippen molar-refractivity contribution in [3.05, 3.63) is 46.3 Å². The van der Waals surface area contributed by atoms with Crippen LogP contribution in [0.5, 0.6) is 0 Å². The van der Waals surface area contributed by atoms with Gasteiger partial charge in [0.05, 0.1) is 15.6 Å². The second-order valence-corrected chi connectivity index (χ2v) is 5.90. The Balaban J connectivity index is 1.89. The van der Waals surface area contributed by atoms with Crippen molar-refractivity contribution in [2.24, 2.45) is 0 Å². The summed E-state index contributed by atoms with van der Waals surface area (Å²) in [7, 11) is 0. The van der Waals surface area contributed by atoms with Gasteiger partial charge in [-0.15, -0.1) is 11.3 Å². The normalized spacial score (nSPS) is 14.3. The number of nitrogens with two attached hydrogens (primary N) is 1. The van der Waals surface area contributed by atoms with Gasteiger partial charge in [0, 0.05) is 20.0 Å². The highest BCUT2D eigenvalue weighted by atomic mass is 32.1. The number of ketones is 1. The molecule has 0 radical (unpaired) electrons. The fourth-order valence-corrected chi connectivity index (χ4v) is 3.51. The Labute approximate surface area is 116 Å². The molecule has 1 aliphatic heterocycles. The number of carbonyl (C=O) groups excluding carboxylic acids is 1. The third-order valence-corrected chi connectivity index (χ3v) is 4.82. The molecule has 3 nitrogen and oxygen atoms in total. The van der Waals surface area contributed by atoms with Crippen molar-refractivity contribution < 1.29 is 4.79 Å². The molecule has 98 valence electrons. The summed E-state index contributed by atoms with van der Waals surface area (Å²) in [6.45, 7) is 3.44. The molecule has 0 spiro atoms. The van der Waals surface area contributed by atoms with E-state index in [9.17, 15) is 4.79 Å². The van der Waals surface area contributed by atoms with Crippen molar-refractivity contribution >= 4 is 27.8 Å². The van der Waals surface area contributed by atoms with Gasteiger partial charge in [0.1, 0.15) is 0 Å². The van der Waals surface area contributed by atoms with E-state index in [-0.39, 0.29) is 5.78 Å². The van der Waals surface area contributed by atoms with E-state index >= 15 is 0 Å². The van der Waals surface area contributed by atoms with E-state index in [1.165, 1.54) is 22.5 Å². The van der Waals surface area contributed by atoms with Gasteiger partial charge in [-0.25, -0.2) is 0 Å². The first-order chi connectivity index (χ1) is 9.15. The lowest BCUT2D eigenvalue weighted by Gasteiger charge is -2.29. The minimum absolute atomic E-state index is 0.0474. The van der Waals surface area contributed by atoms with E-state index in [2.05, 4.69) is 29.2 Å². The molecule has 0 saturated carbocycles. The number of benzene rings is 1. The molecule has 0 bridgehead atoms. The first kappa shape index (κ1) is 12.2. The van der Waals surface area contributed by atoms with Crippen molar-refractivity contribution in [1.29, 1.82) is 0 Å². The fourth-order valence-electron chi connectivity index (χ4n) is 2.51. The zero-order valence-corrected chi connectivity index (χ0v) is 11.7. The van der Waals surface area contributed by atoms with Gasteiger partial charge in [0.15, 0.2) is 5.78 Å². The van der Waals surface area contributed by atoms with Crippen molar-refractivity contribution in [3.8, 4) is 0 Å². The molecule has 0 unspecified atom stereocenters. The number of rotatable bonds is 2. The molecule has 2 heterocycles. The molecule has 0 fully saturated rings. The van der Waals surface area contributed by atoms with Crippen LogP contribution in [0, 0.1) is 0 Å². The average molecular weight is 272 g/mol. The molecule has 1 aromatic carbocycles. The highest BCUT2D eigenvalue weighted by Crippen LogP contribution is 2.35. The molecule has 3 rings (SSSR count). The van der Waals surface area contributed by atoms with Crippen LogP contribution in [0.1, 0.15) is 27.7 Å². The quantitative estimate of drug-likeness (QED) is 0.855. The zero-order chi connectivity index (χ0) is 13.4. The maximum Gasteiger partial charge on any atom is 0.171 e. The number of nitrogens with zero attached hydrogens (tertiary/aromatic N) is 1. The number of hydrogen-bond donors (Lipinski definition) is 1. The van der Waals surface area contributed by atoms with Crippen molar-refractivity contribution in [3.63, 3.8) is 0 Å². The number of nitrogen functional groups attached to an aromatic ring is 1. The molecular formula is C15H16N2OS. The predicted octanol–water partition coefficient (Wildman–Crippen LogP) is 3.10. The van der Waals surface area contributed by atoms with Crippen LogP contribution in [0.15, 0.2) is 30.3 Å². The van der Waals surface area contributed by atoms with E-state index in [4.69, 9.17) is 5.73 Å². The molecule has 0 aliphatic carbocycles. The molecule has 0 atom stereocenters. The summed E-state index contributed by atoms with van der Waals surface area (Å²) < 4.78 is 0. The number of thiophene rings is 1. The van der Waals surface area contributed by atoms with Gasteiger partial charge in [-0.1, -0.05) is 24.3 Å². The Morgan fingerprint density at radius 2 is 2.05 bits per heavy atom. The molecule has 1 aliphatic rings. The van der Waals surface area contributed by atoms with Crippen LogP contribution in [0.25, 0.3) is 0 Å². The summed E-state index contributed by atoms with van der Waals surface area (Å²) >= 11 is 1.50. The summed E-state index contributed by atoms with van der Waals surface area (Å²) in [6, 6.07) is 10.5. The number of hydrogen-bond acceptors (Lipinski definition) is 4. The number of carbonyl (C=O) groups is 1. The number of Topliss-reactive ketones (excluding diaryl/α,β-unsaturated/α-hetero) is 1. The van der Waals surface area contributed by atoms with Crippen molar-refractivity contribution in [2.45, 2.75) is 19.9 Å². The number of anilines is 2. The fraction of sp³-hybridized carbons (Fsp3) is 0.267. The SMILES string of the molecule is CC(=O)c1sc(N2CCc3ccccc3C2)cc1N. The molecule has 19 heavy (non-hydrogen) atoms. The maximum atomic E-state index is 11.5. The van der Waals surface area contributed by atoms with Gasteiger partial charge < -0.3 is 10.6 Å². The van der Waals surface area contributed by atoms with Crippen molar-refractivity contribution in [1.82, 2.24) is 0 Å². The average Bonchev–Trinajstić information content (AvgIpc) is 2.80. The van der Waals surface area contributed by atoms with Gasteiger partial charge in [0.2, 0.25) is 0 Å². The van der Waals surface area contributed by atoms with Crippen LogP contribution >= 0.6 is 11.3 Å². The molecule has 4 heteroatoms. The summed E-state index contributed by atoms with van der Waals surface area (Å²) in [5.74, 6) is 0.0474. The van der Waals surface area contributed by atoms with Crippen LogP contribution in [-0.2, 0) is 13.0 Å². The van der Waals surface area contributed by atoms with Gasteiger partial charge in [-0.05, 0) is 23.6 Å². The Bertz CT molecular complexity index is 633. The summed E-state index contributed by atoms with van der Waals surface area (Å²) in [5, 5.41) is 1.09. The highest BCUT2D eigenvalue weighted by Gasteiger charge is 2.19. The van der Waals surface area contributed by atoms with Crippen LogP contribution in [0.4, 0.5) is 10.7 Å². The topological polar surface area (TPSA) is 46.3 Å². The van der Waals surface area contributed by atoms with Gasteiger partial charge in [-0.2, -0.15) is 0 Å². The maximum absolute atomic E-state index is 11.5. The molecule has 1 aromatic heterocycles. The second-order valence-electron chi connectivity index (χ2n) is 4.87. The van der Waals surface area contributed by atoms with Crippen molar-refractivity contribution in [2.75, 3.05) is 17.2 Å². The summed E-state index contributed by atoms with van der Waals surface area (Å²) in [5.41, 5.74) is 9.30. The number of fused-ring (bicyclic) bond motifs is 1.